The molecule has 0 spiro atoms. The summed E-state index contributed by atoms with van der Waals surface area (Å²) in [4.78, 5) is 12.0. The van der Waals surface area contributed by atoms with Crippen molar-refractivity contribution in [3.63, 3.8) is 0 Å². The van der Waals surface area contributed by atoms with Crippen molar-refractivity contribution in [2.75, 3.05) is 12.4 Å². The van der Waals surface area contributed by atoms with Crippen LogP contribution in [-0.4, -0.2) is 18.6 Å². The minimum atomic E-state index is -0.694. The lowest BCUT2D eigenvalue weighted by Gasteiger charge is -2.36. The van der Waals surface area contributed by atoms with Crippen LogP contribution >= 0.6 is 0 Å². The minimum absolute atomic E-state index is 0.258. The standard InChI is InChI=1S/C14H18FNO2/c1-18-13(17)14(8-3-2-4-9-14)16-12-7-5-6-11(15)10-12/h5-7,10,16H,2-4,8-9H2,1H3. The molecule has 1 N–H and O–H groups in total. The molecule has 4 heteroatoms. The van der Waals surface area contributed by atoms with Gasteiger partial charge < -0.3 is 10.1 Å². The largest absolute Gasteiger partial charge is 0.467 e. The first-order valence-corrected chi connectivity index (χ1v) is 6.28. The van der Waals surface area contributed by atoms with Gasteiger partial charge in [0.25, 0.3) is 0 Å². The lowest BCUT2D eigenvalue weighted by Crippen LogP contribution is -2.48. The van der Waals surface area contributed by atoms with Crippen LogP contribution in [0.5, 0.6) is 0 Å². The fourth-order valence-electron chi connectivity index (χ4n) is 2.57. The highest BCUT2D eigenvalue weighted by atomic mass is 19.1. The molecule has 0 radical (unpaired) electrons. The van der Waals surface area contributed by atoms with Crippen LogP contribution in [0.1, 0.15) is 32.1 Å². The van der Waals surface area contributed by atoms with E-state index in [1.807, 2.05) is 0 Å². The second kappa shape index (κ2) is 5.38. The maximum absolute atomic E-state index is 13.2. The highest BCUT2D eigenvalue weighted by Gasteiger charge is 2.40. The quantitative estimate of drug-likeness (QED) is 0.839. The number of hydrogen-bond donors (Lipinski definition) is 1. The third kappa shape index (κ3) is 2.63. The molecule has 0 heterocycles. The van der Waals surface area contributed by atoms with Crippen LogP contribution in [0, 0.1) is 5.82 Å². The number of esters is 1. The number of halogens is 1. The highest BCUT2D eigenvalue weighted by Crippen LogP contribution is 2.32. The van der Waals surface area contributed by atoms with Crippen LogP contribution < -0.4 is 5.32 Å². The maximum Gasteiger partial charge on any atom is 0.331 e. The van der Waals surface area contributed by atoms with Crippen molar-refractivity contribution in [2.45, 2.75) is 37.6 Å². The van der Waals surface area contributed by atoms with Gasteiger partial charge >= 0.3 is 5.97 Å². The van der Waals surface area contributed by atoms with Gasteiger partial charge in [-0.3, -0.25) is 0 Å². The van der Waals surface area contributed by atoms with Gasteiger partial charge in [-0.05, 0) is 31.0 Å². The molecule has 0 aromatic heterocycles. The molecule has 0 aliphatic heterocycles. The number of rotatable bonds is 3. The molecule has 1 saturated carbocycles. The normalized spacial score (nSPS) is 18.1. The first-order chi connectivity index (χ1) is 8.66. The number of nitrogens with one attached hydrogen (secondary N) is 1. The first kappa shape index (κ1) is 12.9. The summed E-state index contributed by atoms with van der Waals surface area (Å²) in [5.41, 5.74) is -0.0665. The van der Waals surface area contributed by atoms with Crippen LogP contribution in [0.25, 0.3) is 0 Å². The molecule has 1 aliphatic rings. The number of ether oxygens (including phenoxy) is 1. The Morgan fingerprint density at radius 1 is 1.33 bits per heavy atom. The van der Waals surface area contributed by atoms with Gasteiger partial charge in [-0.1, -0.05) is 25.3 Å². The average Bonchev–Trinajstić information content (AvgIpc) is 2.39. The van der Waals surface area contributed by atoms with Crippen molar-refractivity contribution >= 4 is 11.7 Å². The molecule has 1 aromatic carbocycles. The average molecular weight is 251 g/mol. The van der Waals surface area contributed by atoms with Gasteiger partial charge in [0, 0.05) is 5.69 Å². The molecule has 2 rings (SSSR count). The molecule has 1 aromatic rings. The fourth-order valence-corrected chi connectivity index (χ4v) is 2.57. The summed E-state index contributed by atoms with van der Waals surface area (Å²) in [6, 6.07) is 6.18. The molecule has 0 amide bonds. The summed E-state index contributed by atoms with van der Waals surface area (Å²) in [7, 11) is 1.39. The van der Waals surface area contributed by atoms with Gasteiger partial charge in [0.15, 0.2) is 0 Å². The number of methoxy groups -OCH3 is 1. The lowest BCUT2D eigenvalue weighted by atomic mass is 9.81. The Labute approximate surface area is 106 Å². The highest BCUT2D eigenvalue weighted by molar-refractivity contribution is 5.84. The zero-order valence-corrected chi connectivity index (χ0v) is 10.5. The van der Waals surface area contributed by atoms with Crippen LogP contribution in [0.2, 0.25) is 0 Å². The Morgan fingerprint density at radius 2 is 2.06 bits per heavy atom. The molecule has 0 unspecified atom stereocenters. The van der Waals surface area contributed by atoms with Gasteiger partial charge in [0.2, 0.25) is 0 Å². The van der Waals surface area contributed by atoms with E-state index >= 15 is 0 Å². The predicted molar refractivity (Wildman–Crippen MR) is 67.9 cm³/mol. The predicted octanol–water partition coefficient (Wildman–Crippen LogP) is 3.11. The van der Waals surface area contributed by atoms with Gasteiger partial charge in [-0.15, -0.1) is 0 Å². The number of carbonyl (C=O) groups excluding carboxylic acids is 1. The van der Waals surface area contributed by atoms with Gasteiger partial charge in [0.1, 0.15) is 11.4 Å². The van der Waals surface area contributed by atoms with Crippen molar-refractivity contribution in [3.05, 3.63) is 30.1 Å². The molecule has 0 saturated heterocycles. The zero-order chi connectivity index (χ0) is 13.0. The summed E-state index contributed by atoms with van der Waals surface area (Å²) < 4.78 is 18.1. The van der Waals surface area contributed by atoms with Crippen molar-refractivity contribution in [1.82, 2.24) is 0 Å². The smallest absolute Gasteiger partial charge is 0.331 e. The minimum Gasteiger partial charge on any atom is -0.467 e. The zero-order valence-electron chi connectivity index (χ0n) is 10.5. The number of hydrogen-bond acceptors (Lipinski definition) is 3. The van der Waals surface area contributed by atoms with E-state index in [1.165, 1.54) is 19.2 Å². The second-order valence-electron chi connectivity index (χ2n) is 4.77. The van der Waals surface area contributed by atoms with Gasteiger partial charge in [-0.2, -0.15) is 0 Å². The van der Waals surface area contributed by atoms with E-state index < -0.39 is 5.54 Å². The van der Waals surface area contributed by atoms with E-state index in [-0.39, 0.29) is 11.8 Å². The Balaban J connectivity index is 2.22. The Bertz CT molecular complexity index is 428. The molecule has 98 valence electrons. The van der Waals surface area contributed by atoms with Crippen LogP contribution in [0.15, 0.2) is 24.3 Å². The second-order valence-corrected chi connectivity index (χ2v) is 4.77. The van der Waals surface area contributed by atoms with E-state index in [9.17, 15) is 9.18 Å². The summed E-state index contributed by atoms with van der Waals surface area (Å²) >= 11 is 0. The molecule has 1 fully saturated rings. The van der Waals surface area contributed by atoms with Crippen molar-refractivity contribution in [2.24, 2.45) is 0 Å². The number of carbonyl (C=O) groups is 1. The third-order valence-electron chi connectivity index (χ3n) is 3.49. The van der Waals surface area contributed by atoms with E-state index in [0.717, 1.165) is 32.1 Å². The Morgan fingerprint density at radius 3 is 2.67 bits per heavy atom. The van der Waals surface area contributed by atoms with E-state index in [4.69, 9.17) is 4.74 Å². The summed E-state index contributed by atoms with van der Waals surface area (Å²) in [5.74, 6) is -0.567. The first-order valence-electron chi connectivity index (χ1n) is 6.28. The van der Waals surface area contributed by atoms with Gasteiger partial charge in [0.05, 0.1) is 7.11 Å². The SMILES string of the molecule is COC(=O)C1(Nc2cccc(F)c2)CCCCC1. The molecule has 0 bridgehead atoms. The molecule has 1 aliphatic carbocycles. The van der Waals surface area contributed by atoms with Crippen LogP contribution in [0.4, 0.5) is 10.1 Å². The topological polar surface area (TPSA) is 38.3 Å². The summed E-state index contributed by atoms with van der Waals surface area (Å²) in [6.07, 6.45) is 4.56. The van der Waals surface area contributed by atoms with Crippen molar-refractivity contribution in [1.29, 1.82) is 0 Å². The molecular formula is C14H18FNO2. The van der Waals surface area contributed by atoms with E-state index in [0.29, 0.717) is 5.69 Å². The number of benzene rings is 1. The van der Waals surface area contributed by atoms with Crippen molar-refractivity contribution in [3.8, 4) is 0 Å². The Hall–Kier alpha value is -1.58. The molecule has 3 nitrogen and oxygen atoms in total. The summed E-state index contributed by atoms with van der Waals surface area (Å²) in [6.45, 7) is 0. The fraction of sp³-hybridized carbons (Fsp3) is 0.500. The molecular weight excluding hydrogens is 233 g/mol. The lowest BCUT2D eigenvalue weighted by molar-refractivity contribution is -0.147. The Kier molecular flexibility index (Phi) is 3.84. The van der Waals surface area contributed by atoms with E-state index in [1.54, 1.807) is 12.1 Å². The van der Waals surface area contributed by atoms with Crippen molar-refractivity contribution < 1.29 is 13.9 Å². The van der Waals surface area contributed by atoms with Crippen LogP contribution in [-0.2, 0) is 9.53 Å². The molecule has 18 heavy (non-hydrogen) atoms. The third-order valence-corrected chi connectivity index (χ3v) is 3.49. The monoisotopic (exact) mass is 251 g/mol. The summed E-state index contributed by atoms with van der Waals surface area (Å²) in [5, 5.41) is 3.17. The maximum atomic E-state index is 13.2. The molecule has 0 atom stereocenters. The van der Waals surface area contributed by atoms with E-state index in [2.05, 4.69) is 5.32 Å². The number of anilines is 1. The van der Waals surface area contributed by atoms with Gasteiger partial charge in [-0.25, -0.2) is 9.18 Å². The van der Waals surface area contributed by atoms with Crippen LogP contribution in [0.3, 0.4) is 0 Å².